The third-order valence-electron chi connectivity index (χ3n) is 3.49. The summed E-state index contributed by atoms with van der Waals surface area (Å²) in [5, 5.41) is 8.95. The van der Waals surface area contributed by atoms with Crippen LogP contribution in [-0.2, 0) is 11.3 Å². The Kier molecular flexibility index (Phi) is 4.96. The zero-order chi connectivity index (χ0) is 13.8. The van der Waals surface area contributed by atoms with Gasteiger partial charge in [-0.3, -0.25) is 4.90 Å². The number of carbonyl (C=O) groups is 1. The van der Waals surface area contributed by atoms with Gasteiger partial charge in [0.1, 0.15) is 0 Å². The molecule has 5 heteroatoms. The summed E-state index contributed by atoms with van der Waals surface area (Å²) in [6, 6.07) is 5.65. The van der Waals surface area contributed by atoms with E-state index in [-0.39, 0.29) is 0 Å². The van der Waals surface area contributed by atoms with Crippen molar-refractivity contribution in [3.63, 3.8) is 0 Å². The molecular weight excluding hydrogens is 310 g/mol. The molecule has 0 aliphatic carbocycles. The molecule has 1 aliphatic heterocycles. The van der Waals surface area contributed by atoms with Crippen molar-refractivity contribution in [1.82, 2.24) is 4.90 Å². The largest absolute Gasteiger partial charge is 0.478 e. The normalized spacial score (nSPS) is 20.4. The number of benzene rings is 1. The van der Waals surface area contributed by atoms with Gasteiger partial charge in [-0.15, -0.1) is 0 Å². The molecule has 19 heavy (non-hydrogen) atoms. The van der Waals surface area contributed by atoms with Crippen LogP contribution in [0, 0.1) is 0 Å². The molecule has 104 valence electrons. The molecule has 1 atom stereocenters. The van der Waals surface area contributed by atoms with Gasteiger partial charge in [-0.2, -0.15) is 0 Å². The van der Waals surface area contributed by atoms with Gasteiger partial charge in [0.25, 0.3) is 0 Å². The van der Waals surface area contributed by atoms with E-state index in [1.54, 1.807) is 12.1 Å². The van der Waals surface area contributed by atoms with Gasteiger partial charge in [-0.25, -0.2) is 4.79 Å². The van der Waals surface area contributed by atoms with E-state index >= 15 is 0 Å². The number of aromatic carboxylic acids is 1. The van der Waals surface area contributed by atoms with E-state index in [0.29, 0.717) is 11.6 Å². The van der Waals surface area contributed by atoms with Crippen molar-refractivity contribution in [3.05, 3.63) is 33.8 Å². The number of rotatable bonds is 4. The van der Waals surface area contributed by atoms with Crippen LogP contribution >= 0.6 is 15.9 Å². The average Bonchev–Trinajstić information content (AvgIpc) is 2.41. The summed E-state index contributed by atoms with van der Waals surface area (Å²) in [6.07, 6.45) is 1.06. The van der Waals surface area contributed by atoms with Crippen LogP contribution in [-0.4, -0.2) is 41.8 Å². The second kappa shape index (κ2) is 6.50. The summed E-state index contributed by atoms with van der Waals surface area (Å²) in [6.45, 7) is 5.45. The van der Waals surface area contributed by atoms with Crippen LogP contribution in [0.4, 0.5) is 0 Å². The molecule has 1 aromatic carbocycles. The van der Waals surface area contributed by atoms with Crippen LogP contribution in [0.2, 0.25) is 0 Å². The lowest BCUT2D eigenvalue weighted by atomic mass is 10.1. The van der Waals surface area contributed by atoms with Gasteiger partial charge in [0.05, 0.1) is 18.8 Å². The smallest absolute Gasteiger partial charge is 0.335 e. The van der Waals surface area contributed by atoms with Crippen LogP contribution in [0.25, 0.3) is 0 Å². The molecule has 1 N–H and O–H groups in total. The predicted molar refractivity (Wildman–Crippen MR) is 76.4 cm³/mol. The zero-order valence-corrected chi connectivity index (χ0v) is 12.5. The van der Waals surface area contributed by atoms with Crippen molar-refractivity contribution in [2.45, 2.75) is 25.9 Å². The molecule has 4 nitrogen and oxygen atoms in total. The molecule has 1 heterocycles. The van der Waals surface area contributed by atoms with Crippen LogP contribution in [0.5, 0.6) is 0 Å². The maximum atomic E-state index is 10.9. The molecule has 1 fully saturated rings. The highest BCUT2D eigenvalue weighted by Gasteiger charge is 2.22. The lowest BCUT2D eigenvalue weighted by Gasteiger charge is -2.35. The second-order valence-electron chi connectivity index (χ2n) is 4.72. The lowest BCUT2D eigenvalue weighted by molar-refractivity contribution is -0.0128. The Hall–Kier alpha value is -0.910. The molecule has 0 radical (unpaired) electrons. The minimum Gasteiger partial charge on any atom is -0.478 e. The van der Waals surface area contributed by atoms with E-state index in [1.807, 2.05) is 6.07 Å². The highest BCUT2D eigenvalue weighted by Crippen LogP contribution is 2.22. The molecule has 0 bridgehead atoms. The Morgan fingerprint density at radius 2 is 2.37 bits per heavy atom. The maximum Gasteiger partial charge on any atom is 0.335 e. The van der Waals surface area contributed by atoms with Crippen molar-refractivity contribution in [2.75, 3.05) is 19.8 Å². The lowest BCUT2D eigenvalue weighted by Crippen LogP contribution is -2.44. The van der Waals surface area contributed by atoms with E-state index in [2.05, 4.69) is 27.8 Å². The van der Waals surface area contributed by atoms with Crippen molar-refractivity contribution in [3.8, 4) is 0 Å². The summed E-state index contributed by atoms with van der Waals surface area (Å²) < 4.78 is 6.35. The number of nitrogens with zero attached hydrogens (tertiary/aromatic N) is 1. The number of carboxylic acid groups (broad SMARTS) is 1. The topological polar surface area (TPSA) is 49.8 Å². The molecule has 0 spiro atoms. The van der Waals surface area contributed by atoms with E-state index in [9.17, 15) is 4.79 Å². The first-order chi connectivity index (χ1) is 9.11. The van der Waals surface area contributed by atoms with Gasteiger partial charge in [0.15, 0.2) is 0 Å². The average molecular weight is 328 g/mol. The molecule has 1 unspecified atom stereocenters. The Bertz CT molecular complexity index is 464. The summed E-state index contributed by atoms with van der Waals surface area (Å²) >= 11 is 3.46. The highest BCUT2D eigenvalue weighted by atomic mass is 79.9. The highest BCUT2D eigenvalue weighted by molar-refractivity contribution is 9.10. The number of morpholine rings is 1. The van der Waals surface area contributed by atoms with E-state index in [0.717, 1.165) is 42.8 Å². The molecule has 2 rings (SSSR count). The Labute approximate surface area is 121 Å². The number of hydrogen-bond donors (Lipinski definition) is 1. The molecule has 1 saturated heterocycles. The van der Waals surface area contributed by atoms with Gasteiger partial charge in [0, 0.05) is 23.6 Å². The molecule has 0 aromatic heterocycles. The predicted octanol–water partition coefficient (Wildman–Crippen LogP) is 2.76. The van der Waals surface area contributed by atoms with Crippen molar-refractivity contribution >= 4 is 21.9 Å². The van der Waals surface area contributed by atoms with Gasteiger partial charge >= 0.3 is 5.97 Å². The van der Waals surface area contributed by atoms with Crippen molar-refractivity contribution in [2.24, 2.45) is 0 Å². The minimum atomic E-state index is -0.898. The molecule has 1 aliphatic rings. The Morgan fingerprint density at radius 1 is 1.58 bits per heavy atom. The van der Waals surface area contributed by atoms with Gasteiger partial charge < -0.3 is 9.84 Å². The SMILES string of the molecule is CCC1COCCN1Cc1ccc(C(=O)O)cc1Br. The minimum absolute atomic E-state index is 0.310. The Morgan fingerprint density at radius 3 is 3.00 bits per heavy atom. The standard InChI is InChI=1S/C14H18BrNO3/c1-2-12-9-19-6-5-16(12)8-11-4-3-10(14(17)18)7-13(11)15/h3-4,7,12H,2,5-6,8-9H2,1H3,(H,17,18). The van der Waals surface area contributed by atoms with Gasteiger partial charge in [-0.05, 0) is 24.1 Å². The molecule has 0 saturated carbocycles. The second-order valence-corrected chi connectivity index (χ2v) is 5.57. The van der Waals surface area contributed by atoms with Crippen LogP contribution in [0.15, 0.2) is 22.7 Å². The number of ether oxygens (including phenoxy) is 1. The van der Waals surface area contributed by atoms with Crippen molar-refractivity contribution in [1.29, 1.82) is 0 Å². The molecule has 0 amide bonds. The number of halogens is 1. The monoisotopic (exact) mass is 327 g/mol. The van der Waals surface area contributed by atoms with E-state index < -0.39 is 5.97 Å². The fourth-order valence-corrected chi connectivity index (χ4v) is 2.80. The van der Waals surface area contributed by atoms with Crippen LogP contribution in [0.1, 0.15) is 29.3 Å². The first-order valence-electron chi connectivity index (χ1n) is 6.45. The first-order valence-corrected chi connectivity index (χ1v) is 7.24. The maximum absolute atomic E-state index is 10.9. The van der Waals surface area contributed by atoms with Gasteiger partial charge in [0.2, 0.25) is 0 Å². The zero-order valence-electron chi connectivity index (χ0n) is 10.9. The number of carboxylic acids is 1. The fraction of sp³-hybridized carbons (Fsp3) is 0.500. The van der Waals surface area contributed by atoms with E-state index in [1.165, 1.54) is 0 Å². The fourth-order valence-electron chi connectivity index (χ4n) is 2.30. The van der Waals surface area contributed by atoms with Crippen LogP contribution in [0.3, 0.4) is 0 Å². The van der Waals surface area contributed by atoms with Gasteiger partial charge in [-0.1, -0.05) is 28.9 Å². The summed E-state index contributed by atoms with van der Waals surface area (Å²) in [5.74, 6) is -0.898. The van der Waals surface area contributed by atoms with E-state index in [4.69, 9.17) is 9.84 Å². The quantitative estimate of drug-likeness (QED) is 0.923. The molecule has 1 aromatic rings. The summed E-state index contributed by atoms with van der Waals surface area (Å²) in [7, 11) is 0. The summed E-state index contributed by atoms with van der Waals surface area (Å²) in [4.78, 5) is 13.3. The third kappa shape index (κ3) is 3.55. The Balaban J connectivity index is 2.11. The summed E-state index contributed by atoms with van der Waals surface area (Å²) in [5.41, 5.74) is 1.43. The number of hydrogen-bond acceptors (Lipinski definition) is 3. The first kappa shape index (κ1) is 14.5. The third-order valence-corrected chi connectivity index (χ3v) is 4.23. The van der Waals surface area contributed by atoms with Crippen molar-refractivity contribution < 1.29 is 14.6 Å². The van der Waals surface area contributed by atoms with Crippen LogP contribution < -0.4 is 0 Å². The molecular formula is C14H18BrNO3.